The summed E-state index contributed by atoms with van der Waals surface area (Å²) >= 11 is 6.89. The summed E-state index contributed by atoms with van der Waals surface area (Å²) in [4.78, 5) is 37.0. The summed E-state index contributed by atoms with van der Waals surface area (Å²) in [6, 6.07) is 8.00. The minimum atomic E-state index is -1.03. The standard InChI is InChI=1S/C20H15ClF2N4O4S/c21-16-4-3-15(32-16)19(29)25-8-11-9-27(20(30)31-11)17-12(22)6-10(7-13(17)23)26-5-1-2-14(26)18(24)28/h1-7,11H,8-9H2,(H2,24,28)(H,25,29)/t11-/m0/s1. The van der Waals surface area contributed by atoms with Crippen LogP contribution in [-0.2, 0) is 4.74 Å². The zero-order chi connectivity index (χ0) is 23.0. The molecular formula is C20H15ClF2N4O4S. The molecule has 166 valence electrons. The summed E-state index contributed by atoms with van der Waals surface area (Å²) < 4.78 is 36.5. The Morgan fingerprint density at radius 2 is 1.97 bits per heavy atom. The molecule has 3 aromatic rings. The summed E-state index contributed by atoms with van der Waals surface area (Å²) in [5.74, 6) is -3.23. The van der Waals surface area contributed by atoms with Crippen LogP contribution >= 0.6 is 22.9 Å². The van der Waals surface area contributed by atoms with E-state index < -0.39 is 41.3 Å². The van der Waals surface area contributed by atoms with Crippen LogP contribution in [0.25, 0.3) is 5.69 Å². The van der Waals surface area contributed by atoms with E-state index in [9.17, 15) is 23.2 Å². The maximum absolute atomic E-state index is 14.8. The molecule has 3 heterocycles. The van der Waals surface area contributed by atoms with Crippen molar-refractivity contribution in [2.24, 2.45) is 5.73 Å². The second kappa shape index (κ2) is 8.60. The number of carbonyl (C=O) groups is 3. The molecule has 0 aliphatic carbocycles. The number of nitrogens with zero attached hydrogens (tertiary/aromatic N) is 2. The van der Waals surface area contributed by atoms with Gasteiger partial charge in [0.15, 0.2) is 11.6 Å². The summed E-state index contributed by atoms with van der Waals surface area (Å²) in [7, 11) is 0. The SMILES string of the molecule is NC(=O)c1cccn1-c1cc(F)c(N2C[C@H](CNC(=O)c3ccc(Cl)s3)OC2=O)c(F)c1. The molecule has 4 rings (SSSR count). The van der Waals surface area contributed by atoms with E-state index in [1.807, 2.05) is 0 Å². The van der Waals surface area contributed by atoms with Gasteiger partial charge in [-0.3, -0.25) is 14.5 Å². The molecule has 1 aliphatic rings. The summed E-state index contributed by atoms with van der Waals surface area (Å²) in [6.45, 7) is -0.225. The monoisotopic (exact) mass is 480 g/mol. The molecule has 3 N–H and O–H groups in total. The number of halogens is 3. The van der Waals surface area contributed by atoms with Gasteiger partial charge >= 0.3 is 6.09 Å². The first kappa shape index (κ1) is 21.8. The number of thiophene rings is 1. The fourth-order valence-electron chi connectivity index (χ4n) is 3.30. The normalized spacial score (nSPS) is 15.7. The number of aromatic nitrogens is 1. The number of cyclic esters (lactones) is 1. The van der Waals surface area contributed by atoms with Crippen LogP contribution in [0.2, 0.25) is 4.34 Å². The number of primary amides is 1. The van der Waals surface area contributed by atoms with Crippen LogP contribution in [0, 0.1) is 11.6 Å². The Balaban J connectivity index is 1.50. The van der Waals surface area contributed by atoms with Crippen molar-refractivity contribution in [3.8, 4) is 5.69 Å². The molecule has 1 saturated heterocycles. The van der Waals surface area contributed by atoms with Gasteiger partial charge in [-0.2, -0.15) is 0 Å². The Kier molecular flexibility index (Phi) is 5.85. The van der Waals surface area contributed by atoms with E-state index in [-0.39, 0.29) is 24.5 Å². The number of amides is 3. The minimum absolute atomic E-state index is 0.0218. The Bertz CT molecular complexity index is 1200. The lowest BCUT2D eigenvalue weighted by Crippen LogP contribution is -2.34. The third-order valence-corrected chi connectivity index (χ3v) is 5.94. The van der Waals surface area contributed by atoms with Gasteiger partial charge in [-0.1, -0.05) is 11.6 Å². The van der Waals surface area contributed by atoms with E-state index >= 15 is 0 Å². The predicted octanol–water partition coefficient (Wildman–Crippen LogP) is 3.32. The number of anilines is 1. The van der Waals surface area contributed by atoms with Crippen LogP contribution in [0.5, 0.6) is 0 Å². The molecule has 0 bridgehead atoms. The van der Waals surface area contributed by atoms with Gasteiger partial charge in [0, 0.05) is 18.3 Å². The van der Waals surface area contributed by atoms with Crippen molar-refractivity contribution < 1.29 is 27.9 Å². The molecule has 2 aromatic heterocycles. The van der Waals surface area contributed by atoms with Gasteiger partial charge in [-0.15, -0.1) is 11.3 Å². The fourth-order valence-corrected chi connectivity index (χ4v) is 4.26. The molecule has 1 fully saturated rings. The van der Waals surface area contributed by atoms with E-state index in [0.29, 0.717) is 9.21 Å². The van der Waals surface area contributed by atoms with Gasteiger partial charge in [0.25, 0.3) is 11.8 Å². The van der Waals surface area contributed by atoms with Gasteiger partial charge in [-0.05, 0) is 24.3 Å². The van der Waals surface area contributed by atoms with Crippen LogP contribution in [0.1, 0.15) is 20.2 Å². The molecule has 1 aromatic carbocycles. The number of benzene rings is 1. The Hall–Kier alpha value is -3.44. The predicted molar refractivity (Wildman–Crippen MR) is 113 cm³/mol. The molecule has 0 radical (unpaired) electrons. The third-order valence-electron chi connectivity index (χ3n) is 4.71. The van der Waals surface area contributed by atoms with E-state index in [1.165, 1.54) is 22.9 Å². The van der Waals surface area contributed by atoms with E-state index in [1.54, 1.807) is 12.1 Å². The first-order valence-corrected chi connectivity index (χ1v) is 10.4. The molecule has 8 nitrogen and oxygen atoms in total. The van der Waals surface area contributed by atoms with Crippen LogP contribution in [0.3, 0.4) is 0 Å². The first-order chi connectivity index (χ1) is 15.2. The molecule has 1 aliphatic heterocycles. The Labute approximate surface area is 189 Å². The molecular weight excluding hydrogens is 466 g/mol. The van der Waals surface area contributed by atoms with Crippen LogP contribution in [0.4, 0.5) is 19.3 Å². The van der Waals surface area contributed by atoms with Crippen LogP contribution < -0.4 is 16.0 Å². The fraction of sp³-hybridized carbons (Fsp3) is 0.150. The van der Waals surface area contributed by atoms with Crippen molar-refractivity contribution in [2.45, 2.75) is 6.10 Å². The molecule has 12 heteroatoms. The molecule has 1 atom stereocenters. The number of hydrogen-bond donors (Lipinski definition) is 2. The highest BCUT2D eigenvalue weighted by Crippen LogP contribution is 2.30. The highest BCUT2D eigenvalue weighted by Gasteiger charge is 2.36. The highest BCUT2D eigenvalue weighted by atomic mass is 35.5. The van der Waals surface area contributed by atoms with Crippen LogP contribution in [0.15, 0.2) is 42.6 Å². The lowest BCUT2D eigenvalue weighted by molar-refractivity contribution is 0.0919. The van der Waals surface area contributed by atoms with E-state index in [4.69, 9.17) is 22.1 Å². The van der Waals surface area contributed by atoms with Crippen molar-refractivity contribution in [3.63, 3.8) is 0 Å². The summed E-state index contributed by atoms with van der Waals surface area (Å²) in [5, 5.41) is 2.59. The molecule has 0 spiro atoms. The van der Waals surface area contributed by atoms with Crippen molar-refractivity contribution in [2.75, 3.05) is 18.0 Å². The van der Waals surface area contributed by atoms with E-state index in [0.717, 1.165) is 28.4 Å². The van der Waals surface area contributed by atoms with Crippen molar-refractivity contribution in [1.82, 2.24) is 9.88 Å². The topological polar surface area (TPSA) is 107 Å². The number of rotatable bonds is 6. The molecule has 32 heavy (non-hydrogen) atoms. The quantitative estimate of drug-likeness (QED) is 0.564. The molecule has 0 saturated carbocycles. The maximum Gasteiger partial charge on any atom is 0.415 e. The van der Waals surface area contributed by atoms with Crippen LogP contribution in [-0.4, -0.2) is 41.7 Å². The third kappa shape index (κ3) is 4.16. The van der Waals surface area contributed by atoms with Crippen molar-refractivity contribution >= 4 is 46.5 Å². The molecule has 0 unspecified atom stereocenters. The summed E-state index contributed by atoms with van der Waals surface area (Å²) in [6.07, 6.45) is -0.337. The molecule has 3 amide bonds. The zero-order valence-corrected chi connectivity index (χ0v) is 17.8. The second-order valence-electron chi connectivity index (χ2n) is 6.82. The average molecular weight is 481 g/mol. The smallest absolute Gasteiger partial charge is 0.415 e. The number of nitrogens with two attached hydrogens (primary N) is 1. The first-order valence-electron chi connectivity index (χ1n) is 9.23. The van der Waals surface area contributed by atoms with Gasteiger partial charge in [0.2, 0.25) is 0 Å². The average Bonchev–Trinajstić information content (AvgIpc) is 3.46. The lowest BCUT2D eigenvalue weighted by atomic mass is 10.2. The largest absolute Gasteiger partial charge is 0.442 e. The van der Waals surface area contributed by atoms with Gasteiger partial charge in [0.1, 0.15) is 17.5 Å². The van der Waals surface area contributed by atoms with Crippen molar-refractivity contribution in [3.05, 3.63) is 69.1 Å². The van der Waals surface area contributed by atoms with Gasteiger partial charge < -0.3 is 20.4 Å². The Morgan fingerprint density at radius 1 is 1.25 bits per heavy atom. The van der Waals surface area contributed by atoms with Gasteiger partial charge in [0.05, 0.1) is 28.0 Å². The number of hydrogen-bond acceptors (Lipinski definition) is 5. The van der Waals surface area contributed by atoms with E-state index in [2.05, 4.69) is 5.32 Å². The van der Waals surface area contributed by atoms with Crippen molar-refractivity contribution in [1.29, 1.82) is 0 Å². The number of ether oxygens (including phenoxy) is 1. The maximum atomic E-state index is 14.8. The minimum Gasteiger partial charge on any atom is -0.442 e. The Morgan fingerprint density at radius 3 is 2.59 bits per heavy atom. The van der Waals surface area contributed by atoms with Gasteiger partial charge in [-0.25, -0.2) is 13.6 Å². The number of nitrogens with one attached hydrogen (secondary N) is 1. The zero-order valence-electron chi connectivity index (χ0n) is 16.2. The second-order valence-corrected chi connectivity index (χ2v) is 8.53. The summed E-state index contributed by atoms with van der Waals surface area (Å²) in [5.41, 5.74) is 4.74. The highest BCUT2D eigenvalue weighted by molar-refractivity contribution is 7.18. The lowest BCUT2D eigenvalue weighted by Gasteiger charge is -2.17. The number of carbonyl (C=O) groups excluding carboxylic acids is 3.